The molecule has 0 radical (unpaired) electrons. The Morgan fingerprint density at radius 1 is 1.19 bits per heavy atom. The number of hydrogen-bond donors (Lipinski definition) is 1. The second-order valence-electron chi connectivity index (χ2n) is 6.58. The molecule has 0 bridgehead atoms. The second kappa shape index (κ2) is 9.24. The number of aromatic nitrogens is 2. The largest absolute Gasteiger partial charge is 0.334 e. The van der Waals surface area contributed by atoms with Crippen LogP contribution in [0, 0.1) is 5.92 Å². The molecule has 0 aromatic carbocycles. The topological polar surface area (TPSA) is 29.9 Å². The number of imidazole rings is 1. The Bertz CT molecular complexity index is 378. The predicted octanol–water partition coefficient (Wildman–Crippen LogP) is 4.69. The van der Waals surface area contributed by atoms with E-state index < -0.39 is 0 Å². The molecule has 1 aliphatic carbocycles. The molecule has 0 spiro atoms. The van der Waals surface area contributed by atoms with Crippen molar-refractivity contribution in [1.29, 1.82) is 0 Å². The molecule has 120 valence electrons. The summed E-state index contributed by atoms with van der Waals surface area (Å²) in [6.07, 6.45) is 16.3. The molecule has 0 aliphatic heterocycles. The first-order valence-corrected chi connectivity index (χ1v) is 9.09. The van der Waals surface area contributed by atoms with Gasteiger partial charge in [-0.25, -0.2) is 4.98 Å². The van der Waals surface area contributed by atoms with Crippen LogP contribution < -0.4 is 5.32 Å². The summed E-state index contributed by atoms with van der Waals surface area (Å²) in [6.45, 7) is 6.67. The quantitative estimate of drug-likeness (QED) is 0.704. The molecule has 1 N–H and O–H groups in total. The fraction of sp³-hybridized carbons (Fsp3) is 0.833. The van der Waals surface area contributed by atoms with E-state index >= 15 is 0 Å². The lowest BCUT2D eigenvalue weighted by atomic mass is 9.92. The number of nitrogens with one attached hydrogen (secondary N) is 1. The minimum absolute atomic E-state index is 0.439. The van der Waals surface area contributed by atoms with Crippen molar-refractivity contribution in [3.8, 4) is 0 Å². The fourth-order valence-corrected chi connectivity index (χ4v) is 3.59. The number of aryl methyl sites for hydroxylation is 1. The summed E-state index contributed by atoms with van der Waals surface area (Å²) >= 11 is 0. The molecule has 3 heteroatoms. The van der Waals surface area contributed by atoms with Crippen molar-refractivity contribution in [2.45, 2.75) is 84.2 Å². The van der Waals surface area contributed by atoms with Gasteiger partial charge < -0.3 is 9.88 Å². The smallest absolute Gasteiger partial charge is 0.125 e. The molecule has 1 unspecified atom stereocenters. The van der Waals surface area contributed by atoms with E-state index in [1.807, 2.05) is 6.20 Å². The molecule has 2 rings (SSSR count). The Hall–Kier alpha value is -0.830. The molecule has 1 aromatic heterocycles. The van der Waals surface area contributed by atoms with Gasteiger partial charge in [-0.3, -0.25) is 0 Å². The molecule has 1 saturated carbocycles. The zero-order valence-corrected chi connectivity index (χ0v) is 14.0. The van der Waals surface area contributed by atoms with Crippen molar-refractivity contribution in [3.63, 3.8) is 0 Å². The monoisotopic (exact) mass is 291 g/mol. The Morgan fingerprint density at radius 3 is 2.62 bits per heavy atom. The number of nitrogens with zero attached hydrogens (tertiary/aromatic N) is 2. The van der Waals surface area contributed by atoms with Gasteiger partial charge in [0.1, 0.15) is 5.82 Å². The van der Waals surface area contributed by atoms with Gasteiger partial charge in [0.15, 0.2) is 0 Å². The Morgan fingerprint density at radius 2 is 1.95 bits per heavy atom. The van der Waals surface area contributed by atoms with Crippen LogP contribution in [0.2, 0.25) is 0 Å². The van der Waals surface area contributed by atoms with Gasteiger partial charge in [-0.15, -0.1) is 0 Å². The van der Waals surface area contributed by atoms with Crippen molar-refractivity contribution in [2.24, 2.45) is 5.92 Å². The third-order valence-corrected chi connectivity index (χ3v) is 4.71. The summed E-state index contributed by atoms with van der Waals surface area (Å²) in [4.78, 5) is 4.68. The van der Waals surface area contributed by atoms with Crippen LogP contribution in [-0.4, -0.2) is 16.1 Å². The first-order chi connectivity index (χ1) is 10.3. The molecule has 1 heterocycles. The Kier molecular flexibility index (Phi) is 7.28. The summed E-state index contributed by atoms with van der Waals surface area (Å²) in [5.41, 5.74) is 0. The maximum atomic E-state index is 4.68. The van der Waals surface area contributed by atoms with Crippen molar-refractivity contribution >= 4 is 0 Å². The van der Waals surface area contributed by atoms with Crippen molar-refractivity contribution in [3.05, 3.63) is 18.2 Å². The summed E-state index contributed by atoms with van der Waals surface area (Å²) < 4.78 is 2.35. The molecule has 0 amide bonds. The van der Waals surface area contributed by atoms with Gasteiger partial charge in [-0.05, 0) is 31.7 Å². The number of hydrogen-bond acceptors (Lipinski definition) is 2. The lowest BCUT2D eigenvalue weighted by molar-refractivity contribution is 0.340. The second-order valence-corrected chi connectivity index (χ2v) is 6.58. The standard InChI is InChI=1S/C18H33N3/c1-3-11-19-17(15-16-9-7-5-6-8-10-16)18-20-12-14-21(18)13-4-2/h12,14,16-17,19H,3-11,13,15H2,1-2H3. The van der Waals surface area contributed by atoms with E-state index in [1.54, 1.807) is 0 Å². The maximum Gasteiger partial charge on any atom is 0.125 e. The van der Waals surface area contributed by atoms with Gasteiger partial charge >= 0.3 is 0 Å². The number of rotatable bonds is 8. The highest BCUT2D eigenvalue weighted by atomic mass is 15.1. The molecule has 3 nitrogen and oxygen atoms in total. The highest BCUT2D eigenvalue weighted by molar-refractivity contribution is 5.00. The van der Waals surface area contributed by atoms with Crippen LogP contribution >= 0.6 is 0 Å². The minimum atomic E-state index is 0.439. The van der Waals surface area contributed by atoms with Crippen LogP contribution in [0.3, 0.4) is 0 Å². The lowest BCUT2D eigenvalue weighted by Gasteiger charge is -2.24. The molecule has 1 fully saturated rings. The molecular formula is C18H33N3. The van der Waals surface area contributed by atoms with E-state index in [9.17, 15) is 0 Å². The van der Waals surface area contributed by atoms with Gasteiger partial charge in [-0.2, -0.15) is 0 Å². The molecule has 1 atom stereocenters. The van der Waals surface area contributed by atoms with Crippen LogP contribution in [0.4, 0.5) is 0 Å². The van der Waals surface area contributed by atoms with E-state index in [1.165, 1.54) is 63.6 Å². The average molecular weight is 291 g/mol. The summed E-state index contributed by atoms with van der Waals surface area (Å²) in [5.74, 6) is 2.14. The summed E-state index contributed by atoms with van der Waals surface area (Å²) in [5, 5.41) is 3.76. The highest BCUT2D eigenvalue weighted by Gasteiger charge is 2.22. The molecule has 1 aromatic rings. The third kappa shape index (κ3) is 5.14. The van der Waals surface area contributed by atoms with Crippen molar-refractivity contribution in [2.75, 3.05) is 6.54 Å². The van der Waals surface area contributed by atoms with Crippen LogP contribution in [0.15, 0.2) is 12.4 Å². The normalized spacial score (nSPS) is 18.6. The van der Waals surface area contributed by atoms with Gasteiger partial charge in [-0.1, -0.05) is 52.4 Å². The Balaban J connectivity index is 2.03. The SMILES string of the molecule is CCCNC(CC1CCCCCC1)c1nccn1CCC. The fourth-order valence-electron chi connectivity index (χ4n) is 3.59. The van der Waals surface area contributed by atoms with Crippen molar-refractivity contribution < 1.29 is 0 Å². The first kappa shape index (κ1) is 16.5. The van der Waals surface area contributed by atoms with Gasteiger partial charge in [0, 0.05) is 18.9 Å². The van der Waals surface area contributed by atoms with Gasteiger partial charge in [0.05, 0.1) is 6.04 Å². The van der Waals surface area contributed by atoms with Crippen LogP contribution in [0.25, 0.3) is 0 Å². The molecular weight excluding hydrogens is 258 g/mol. The first-order valence-electron chi connectivity index (χ1n) is 9.09. The molecule has 1 aliphatic rings. The molecule has 0 saturated heterocycles. The minimum Gasteiger partial charge on any atom is -0.334 e. The zero-order chi connectivity index (χ0) is 14.9. The lowest BCUT2D eigenvalue weighted by Crippen LogP contribution is -2.27. The van der Waals surface area contributed by atoms with E-state index in [0.29, 0.717) is 6.04 Å². The molecule has 21 heavy (non-hydrogen) atoms. The summed E-state index contributed by atoms with van der Waals surface area (Å²) in [7, 11) is 0. The van der Waals surface area contributed by atoms with Crippen LogP contribution in [0.1, 0.15) is 83.5 Å². The van der Waals surface area contributed by atoms with Crippen LogP contribution in [-0.2, 0) is 6.54 Å². The van der Waals surface area contributed by atoms with Crippen LogP contribution in [0.5, 0.6) is 0 Å². The van der Waals surface area contributed by atoms with E-state index in [2.05, 4.69) is 34.9 Å². The average Bonchev–Trinajstić information content (AvgIpc) is 2.79. The van der Waals surface area contributed by atoms with E-state index in [-0.39, 0.29) is 0 Å². The maximum absolute atomic E-state index is 4.68. The van der Waals surface area contributed by atoms with E-state index in [0.717, 1.165) is 19.0 Å². The predicted molar refractivity (Wildman–Crippen MR) is 89.4 cm³/mol. The van der Waals surface area contributed by atoms with E-state index in [4.69, 9.17) is 0 Å². The highest BCUT2D eigenvalue weighted by Crippen LogP contribution is 2.30. The third-order valence-electron chi connectivity index (χ3n) is 4.71. The summed E-state index contributed by atoms with van der Waals surface area (Å²) in [6, 6.07) is 0.439. The zero-order valence-electron chi connectivity index (χ0n) is 14.0. The Labute approximate surface area is 130 Å². The van der Waals surface area contributed by atoms with Gasteiger partial charge in [0.25, 0.3) is 0 Å². The van der Waals surface area contributed by atoms with Gasteiger partial charge in [0.2, 0.25) is 0 Å². The van der Waals surface area contributed by atoms with Crippen molar-refractivity contribution in [1.82, 2.24) is 14.9 Å².